The third-order valence-corrected chi connectivity index (χ3v) is 1.02. The van der Waals surface area contributed by atoms with Crippen LogP contribution in [0.25, 0.3) is 0 Å². The van der Waals surface area contributed by atoms with E-state index in [1.165, 1.54) is 0 Å². The van der Waals surface area contributed by atoms with Crippen molar-refractivity contribution in [3.63, 3.8) is 0 Å². The molecular weight excluding hydrogens is 181 g/mol. The Balaban J connectivity index is 0. The van der Waals surface area contributed by atoms with Gasteiger partial charge in [0.25, 0.3) is 0 Å². The van der Waals surface area contributed by atoms with Gasteiger partial charge in [0.05, 0.1) is 0 Å². The second kappa shape index (κ2) is 7.46. The summed E-state index contributed by atoms with van der Waals surface area (Å²) in [6, 6.07) is 0. The van der Waals surface area contributed by atoms with Crippen LogP contribution in [0.1, 0.15) is 13.3 Å². The third-order valence-electron chi connectivity index (χ3n) is 1.02. The average Bonchev–Trinajstić information content (AvgIpc) is 1.85. The smallest absolute Gasteiger partial charge is 0.330 e. The van der Waals surface area contributed by atoms with E-state index in [0.717, 1.165) is 13.0 Å². The standard InChI is InChI=1S/C6H13N.H3O4P/c1-3-6(2)4-5-7;1-5(2,3)4/h3,6H,1,4-5,7H2,2H3;(H3,1,2,3,4). The van der Waals surface area contributed by atoms with Crippen LogP contribution in [0.15, 0.2) is 12.7 Å². The Hall–Kier alpha value is -0.190. The zero-order valence-corrected chi connectivity index (χ0v) is 7.94. The Morgan fingerprint density at radius 1 is 1.58 bits per heavy atom. The van der Waals surface area contributed by atoms with Gasteiger partial charge in [-0.15, -0.1) is 6.58 Å². The molecule has 0 bridgehead atoms. The topological polar surface area (TPSA) is 104 Å². The zero-order valence-electron chi connectivity index (χ0n) is 7.05. The fourth-order valence-corrected chi connectivity index (χ4v) is 0.381. The molecule has 5 nitrogen and oxygen atoms in total. The summed E-state index contributed by atoms with van der Waals surface area (Å²) >= 11 is 0. The van der Waals surface area contributed by atoms with Crippen molar-refractivity contribution >= 4 is 7.82 Å². The molecule has 0 spiro atoms. The Kier molecular flexibility index (Phi) is 8.91. The molecule has 0 rings (SSSR count). The van der Waals surface area contributed by atoms with Gasteiger partial charge >= 0.3 is 7.82 Å². The maximum Gasteiger partial charge on any atom is 0.466 e. The van der Waals surface area contributed by atoms with E-state index in [0.29, 0.717) is 5.92 Å². The molecule has 0 heterocycles. The van der Waals surface area contributed by atoms with Crippen LogP contribution in [0, 0.1) is 5.92 Å². The van der Waals surface area contributed by atoms with Gasteiger partial charge in [-0.1, -0.05) is 13.0 Å². The predicted octanol–water partition coefficient (Wildman–Crippen LogP) is 0.229. The fourth-order valence-electron chi connectivity index (χ4n) is 0.381. The summed E-state index contributed by atoms with van der Waals surface area (Å²) < 4.78 is 8.88. The van der Waals surface area contributed by atoms with E-state index in [2.05, 4.69) is 13.5 Å². The molecule has 6 heteroatoms. The molecular formula is C6H16NO4P. The average molecular weight is 197 g/mol. The summed E-state index contributed by atoms with van der Waals surface area (Å²) in [7, 11) is -4.64. The summed E-state index contributed by atoms with van der Waals surface area (Å²) in [5.74, 6) is 0.588. The molecule has 1 unspecified atom stereocenters. The van der Waals surface area contributed by atoms with Gasteiger partial charge in [0.2, 0.25) is 0 Å². The molecule has 0 fully saturated rings. The molecule has 5 N–H and O–H groups in total. The van der Waals surface area contributed by atoms with Gasteiger partial charge in [0, 0.05) is 0 Å². The number of phosphoric acid groups is 1. The summed E-state index contributed by atoms with van der Waals surface area (Å²) in [6.45, 7) is 6.51. The van der Waals surface area contributed by atoms with Crippen molar-refractivity contribution in [3.05, 3.63) is 12.7 Å². The first-order chi connectivity index (χ1) is 5.31. The van der Waals surface area contributed by atoms with Crippen molar-refractivity contribution < 1.29 is 19.2 Å². The maximum atomic E-state index is 8.88. The minimum absolute atomic E-state index is 0.588. The lowest BCUT2D eigenvalue weighted by Gasteiger charge is -1.98. The van der Waals surface area contributed by atoms with Crippen LogP contribution < -0.4 is 5.73 Å². The van der Waals surface area contributed by atoms with Gasteiger partial charge in [-0.3, -0.25) is 0 Å². The van der Waals surface area contributed by atoms with Gasteiger partial charge in [-0.05, 0) is 18.9 Å². The summed E-state index contributed by atoms with van der Waals surface area (Å²) in [4.78, 5) is 21.6. The first-order valence-electron chi connectivity index (χ1n) is 3.42. The molecule has 0 saturated carbocycles. The van der Waals surface area contributed by atoms with Crippen molar-refractivity contribution in [1.29, 1.82) is 0 Å². The molecule has 0 aromatic rings. The predicted molar refractivity (Wildman–Crippen MR) is 47.3 cm³/mol. The van der Waals surface area contributed by atoms with Crippen molar-refractivity contribution in [3.8, 4) is 0 Å². The van der Waals surface area contributed by atoms with Crippen molar-refractivity contribution in [1.82, 2.24) is 0 Å². The Bertz CT molecular complexity index is 147. The second-order valence-corrected chi connectivity index (χ2v) is 3.33. The Morgan fingerprint density at radius 2 is 1.92 bits per heavy atom. The van der Waals surface area contributed by atoms with Crippen LogP contribution in [-0.4, -0.2) is 21.2 Å². The number of hydrogen-bond acceptors (Lipinski definition) is 2. The SMILES string of the molecule is C=CC(C)CCN.O=P(O)(O)O. The van der Waals surface area contributed by atoms with Crippen molar-refractivity contribution in [2.45, 2.75) is 13.3 Å². The first-order valence-corrected chi connectivity index (χ1v) is 4.98. The highest BCUT2D eigenvalue weighted by atomic mass is 31.2. The van der Waals surface area contributed by atoms with Crippen molar-refractivity contribution in [2.75, 3.05) is 6.54 Å². The number of allylic oxidation sites excluding steroid dienone is 1. The van der Waals surface area contributed by atoms with Gasteiger partial charge in [0.15, 0.2) is 0 Å². The quantitative estimate of drug-likeness (QED) is 0.383. The lowest BCUT2D eigenvalue weighted by atomic mass is 10.1. The zero-order chi connectivity index (χ0) is 10.2. The van der Waals surface area contributed by atoms with E-state index in [9.17, 15) is 0 Å². The first kappa shape index (κ1) is 14.3. The van der Waals surface area contributed by atoms with E-state index >= 15 is 0 Å². The molecule has 0 saturated heterocycles. The lowest BCUT2D eigenvalue weighted by Crippen LogP contribution is -2.02. The van der Waals surface area contributed by atoms with E-state index < -0.39 is 7.82 Å². The molecule has 0 aliphatic carbocycles. The van der Waals surface area contributed by atoms with Crippen LogP contribution in [0.4, 0.5) is 0 Å². The van der Waals surface area contributed by atoms with E-state index in [4.69, 9.17) is 25.0 Å². The second-order valence-electron chi connectivity index (χ2n) is 2.30. The molecule has 0 aliphatic rings. The molecule has 12 heavy (non-hydrogen) atoms. The van der Waals surface area contributed by atoms with E-state index in [-0.39, 0.29) is 0 Å². The molecule has 0 aromatic carbocycles. The highest BCUT2D eigenvalue weighted by Crippen LogP contribution is 2.25. The number of rotatable bonds is 3. The van der Waals surface area contributed by atoms with Gasteiger partial charge < -0.3 is 20.4 Å². The van der Waals surface area contributed by atoms with Crippen LogP contribution >= 0.6 is 7.82 Å². The summed E-state index contributed by atoms with van der Waals surface area (Å²) in [6.07, 6.45) is 2.98. The van der Waals surface area contributed by atoms with Gasteiger partial charge in [-0.2, -0.15) is 0 Å². The van der Waals surface area contributed by atoms with Crippen LogP contribution in [0.2, 0.25) is 0 Å². The van der Waals surface area contributed by atoms with Gasteiger partial charge in [0.1, 0.15) is 0 Å². The van der Waals surface area contributed by atoms with Crippen LogP contribution in [0.5, 0.6) is 0 Å². The molecule has 74 valence electrons. The Morgan fingerprint density at radius 3 is 2.00 bits per heavy atom. The maximum absolute atomic E-state index is 8.88. The van der Waals surface area contributed by atoms with Crippen LogP contribution in [0.3, 0.4) is 0 Å². The summed E-state index contributed by atoms with van der Waals surface area (Å²) in [5, 5.41) is 0. The fraction of sp³-hybridized carbons (Fsp3) is 0.667. The van der Waals surface area contributed by atoms with E-state index in [1.807, 2.05) is 6.08 Å². The molecule has 0 amide bonds. The highest BCUT2D eigenvalue weighted by molar-refractivity contribution is 7.45. The minimum Gasteiger partial charge on any atom is -0.330 e. The van der Waals surface area contributed by atoms with E-state index in [1.54, 1.807) is 0 Å². The van der Waals surface area contributed by atoms with Gasteiger partial charge in [-0.25, -0.2) is 4.57 Å². The van der Waals surface area contributed by atoms with Crippen LogP contribution in [-0.2, 0) is 4.57 Å². The minimum atomic E-state index is -4.64. The molecule has 0 aromatic heterocycles. The number of hydrogen-bond donors (Lipinski definition) is 4. The molecule has 0 radical (unpaired) electrons. The largest absolute Gasteiger partial charge is 0.466 e. The highest BCUT2D eigenvalue weighted by Gasteiger charge is 2.00. The normalized spacial score (nSPS) is 12.8. The van der Waals surface area contributed by atoms with Crippen molar-refractivity contribution in [2.24, 2.45) is 11.7 Å². The number of nitrogens with two attached hydrogens (primary N) is 1. The lowest BCUT2D eigenvalue weighted by molar-refractivity contribution is 0.275. The monoisotopic (exact) mass is 197 g/mol. The molecule has 0 aliphatic heterocycles. The Labute approximate surface area is 72.2 Å². The summed E-state index contributed by atoms with van der Waals surface area (Å²) in [5.41, 5.74) is 5.26. The molecule has 1 atom stereocenters. The third kappa shape index (κ3) is 32.9.